The van der Waals surface area contributed by atoms with Crippen LogP contribution in [0.3, 0.4) is 0 Å². The van der Waals surface area contributed by atoms with E-state index in [2.05, 4.69) is 22.3 Å². The Hall–Kier alpha value is -2.95. The summed E-state index contributed by atoms with van der Waals surface area (Å²) in [7, 11) is 0. The van der Waals surface area contributed by atoms with Gasteiger partial charge in [0, 0.05) is 31.0 Å². The van der Waals surface area contributed by atoms with Crippen LogP contribution in [0.25, 0.3) is 11.4 Å². The molecule has 0 bridgehead atoms. The summed E-state index contributed by atoms with van der Waals surface area (Å²) in [4.78, 5) is 19.3. The van der Waals surface area contributed by atoms with Crippen molar-refractivity contribution in [2.24, 2.45) is 5.92 Å². The minimum atomic E-state index is 0.193. The first kappa shape index (κ1) is 18.4. The molecule has 1 amide bonds. The largest absolute Gasteiger partial charge is 0.342 e. The number of hydrogen-bond donors (Lipinski definition) is 0. The number of nitrogens with zero attached hydrogens (tertiary/aromatic N) is 3. The van der Waals surface area contributed by atoms with E-state index in [-0.39, 0.29) is 11.8 Å². The zero-order valence-electron chi connectivity index (χ0n) is 16.0. The Morgan fingerprint density at radius 1 is 0.964 bits per heavy atom. The smallest absolute Gasteiger partial charge is 0.228 e. The van der Waals surface area contributed by atoms with Crippen LogP contribution >= 0.6 is 0 Å². The summed E-state index contributed by atoms with van der Waals surface area (Å²) in [5, 5.41) is 4.08. The van der Waals surface area contributed by atoms with Crippen LogP contribution < -0.4 is 0 Å². The molecule has 1 heterocycles. The minimum Gasteiger partial charge on any atom is -0.342 e. The lowest BCUT2D eigenvalue weighted by molar-refractivity contribution is -0.138. The van der Waals surface area contributed by atoms with Crippen molar-refractivity contribution < 1.29 is 9.32 Å². The number of aromatic nitrogens is 2. The standard InChI is InChI=1S/C23H25N3O2/c27-23(20-12-7-13-20)26(16-14-18-8-3-1-4-9-18)17-15-21-24-22(25-28-21)19-10-5-2-6-11-19/h1-6,8-11,20H,7,12-17H2. The first-order valence-electron chi connectivity index (χ1n) is 10.0. The molecule has 0 unspecified atom stereocenters. The number of rotatable bonds is 8. The Labute approximate surface area is 165 Å². The van der Waals surface area contributed by atoms with E-state index in [0.29, 0.717) is 24.7 Å². The van der Waals surface area contributed by atoms with Gasteiger partial charge in [-0.2, -0.15) is 4.98 Å². The molecule has 4 rings (SSSR count). The van der Waals surface area contributed by atoms with Gasteiger partial charge in [-0.05, 0) is 24.8 Å². The monoisotopic (exact) mass is 375 g/mol. The van der Waals surface area contributed by atoms with Crippen LogP contribution in [0.1, 0.15) is 30.7 Å². The second kappa shape index (κ2) is 8.83. The van der Waals surface area contributed by atoms with E-state index in [1.165, 1.54) is 5.56 Å². The van der Waals surface area contributed by atoms with Gasteiger partial charge in [-0.15, -0.1) is 0 Å². The molecular weight excluding hydrogens is 350 g/mol. The lowest BCUT2D eigenvalue weighted by atomic mass is 9.84. The topological polar surface area (TPSA) is 59.2 Å². The van der Waals surface area contributed by atoms with Crippen molar-refractivity contribution in [3.63, 3.8) is 0 Å². The lowest BCUT2D eigenvalue weighted by Gasteiger charge is -2.31. The molecule has 1 saturated carbocycles. The van der Waals surface area contributed by atoms with E-state index in [9.17, 15) is 4.79 Å². The zero-order chi connectivity index (χ0) is 19.2. The van der Waals surface area contributed by atoms with Crippen molar-refractivity contribution in [3.8, 4) is 11.4 Å². The van der Waals surface area contributed by atoms with E-state index in [1.54, 1.807) is 0 Å². The van der Waals surface area contributed by atoms with Crippen LogP contribution in [-0.2, 0) is 17.6 Å². The first-order valence-corrected chi connectivity index (χ1v) is 10.0. The molecule has 0 atom stereocenters. The third kappa shape index (κ3) is 4.47. The Morgan fingerprint density at radius 3 is 2.32 bits per heavy atom. The van der Waals surface area contributed by atoms with Gasteiger partial charge in [0.15, 0.2) is 0 Å². The molecule has 0 spiro atoms. The average molecular weight is 375 g/mol. The zero-order valence-corrected chi connectivity index (χ0v) is 16.0. The van der Waals surface area contributed by atoms with E-state index < -0.39 is 0 Å². The fraction of sp³-hybridized carbons (Fsp3) is 0.348. The minimum absolute atomic E-state index is 0.193. The summed E-state index contributed by atoms with van der Waals surface area (Å²) < 4.78 is 5.41. The van der Waals surface area contributed by atoms with Crippen molar-refractivity contribution in [1.82, 2.24) is 15.0 Å². The molecule has 0 saturated heterocycles. The summed E-state index contributed by atoms with van der Waals surface area (Å²) in [6.07, 6.45) is 4.62. The molecule has 144 valence electrons. The molecule has 0 radical (unpaired) electrons. The number of amides is 1. The van der Waals surface area contributed by atoms with Gasteiger partial charge in [-0.25, -0.2) is 0 Å². The highest BCUT2D eigenvalue weighted by molar-refractivity contribution is 5.79. The molecule has 28 heavy (non-hydrogen) atoms. The van der Waals surface area contributed by atoms with Crippen LogP contribution in [0.5, 0.6) is 0 Å². The van der Waals surface area contributed by atoms with Crippen molar-refractivity contribution in [2.75, 3.05) is 13.1 Å². The predicted molar refractivity (Wildman–Crippen MR) is 108 cm³/mol. The highest BCUT2D eigenvalue weighted by Crippen LogP contribution is 2.28. The third-order valence-corrected chi connectivity index (χ3v) is 5.37. The summed E-state index contributed by atoms with van der Waals surface area (Å²) in [6.45, 7) is 1.33. The number of hydrogen-bond acceptors (Lipinski definition) is 4. The van der Waals surface area contributed by atoms with Gasteiger partial charge in [0.25, 0.3) is 0 Å². The van der Waals surface area contributed by atoms with Crippen molar-refractivity contribution in [1.29, 1.82) is 0 Å². The highest BCUT2D eigenvalue weighted by Gasteiger charge is 2.29. The Bertz CT molecular complexity index is 888. The quantitative estimate of drug-likeness (QED) is 0.593. The Balaban J connectivity index is 1.39. The van der Waals surface area contributed by atoms with Gasteiger partial charge >= 0.3 is 0 Å². The Morgan fingerprint density at radius 2 is 1.64 bits per heavy atom. The average Bonchev–Trinajstić information content (AvgIpc) is 3.17. The predicted octanol–water partition coefficient (Wildman–Crippen LogP) is 4.15. The van der Waals surface area contributed by atoms with E-state index >= 15 is 0 Å². The van der Waals surface area contributed by atoms with Gasteiger partial charge in [0.05, 0.1) is 0 Å². The number of benzene rings is 2. The lowest BCUT2D eigenvalue weighted by Crippen LogP contribution is -2.41. The number of carbonyl (C=O) groups is 1. The van der Waals surface area contributed by atoms with Crippen LogP contribution in [0.15, 0.2) is 65.2 Å². The molecule has 5 nitrogen and oxygen atoms in total. The first-order chi connectivity index (χ1) is 13.8. The summed E-state index contributed by atoms with van der Waals surface area (Å²) in [6, 6.07) is 20.1. The van der Waals surface area contributed by atoms with Gasteiger partial charge in [-0.1, -0.05) is 72.2 Å². The highest BCUT2D eigenvalue weighted by atomic mass is 16.5. The van der Waals surface area contributed by atoms with E-state index in [1.807, 2.05) is 53.4 Å². The molecule has 1 fully saturated rings. The molecule has 1 aliphatic rings. The van der Waals surface area contributed by atoms with Gasteiger partial charge in [0.2, 0.25) is 17.6 Å². The fourth-order valence-electron chi connectivity index (χ4n) is 3.45. The third-order valence-electron chi connectivity index (χ3n) is 5.37. The maximum atomic E-state index is 12.9. The normalized spacial score (nSPS) is 13.9. The van der Waals surface area contributed by atoms with Crippen molar-refractivity contribution >= 4 is 5.91 Å². The van der Waals surface area contributed by atoms with Gasteiger partial charge < -0.3 is 9.42 Å². The SMILES string of the molecule is O=C(C1CCC1)N(CCc1ccccc1)CCc1nc(-c2ccccc2)no1. The molecular formula is C23H25N3O2. The second-order valence-electron chi connectivity index (χ2n) is 7.32. The van der Waals surface area contributed by atoms with Gasteiger partial charge in [-0.3, -0.25) is 4.79 Å². The van der Waals surface area contributed by atoms with E-state index in [4.69, 9.17) is 4.52 Å². The maximum Gasteiger partial charge on any atom is 0.228 e. The van der Waals surface area contributed by atoms with Crippen LogP contribution in [-0.4, -0.2) is 34.0 Å². The molecule has 0 aliphatic heterocycles. The van der Waals surface area contributed by atoms with Crippen molar-refractivity contribution in [2.45, 2.75) is 32.1 Å². The molecule has 0 N–H and O–H groups in total. The summed E-state index contributed by atoms with van der Waals surface area (Å²) in [5.74, 6) is 1.63. The summed E-state index contributed by atoms with van der Waals surface area (Å²) >= 11 is 0. The van der Waals surface area contributed by atoms with Crippen LogP contribution in [0.2, 0.25) is 0 Å². The molecule has 1 aliphatic carbocycles. The second-order valence-corrected chi connectivity index (χ2v) is 7.32. The maximum absolute atomic E-state index is 12.9. The molecule has 2 aromatic carbocycles. The molecule has 3 aromatic rings. The van der Waals surface area contributed by atoms with Crippen LogP contribution in [0.4, 0.5) is 0 Å². The number of carbonyl (C=O) groups excluding carboxylic acids is 1. The molecule has 1 aromatic heterocycles. The fourth-order valence-corrected chi connectivity index (χ4v) is 3.45. The van der Waals surface area contributed by atoms with Crippen LogP contribution in [0, 0.1) is 5.92 Å². The molecule has 5 heteroatoms. The van der Waals surface area contributed by atoms with Crippen molar-refractivity contribution in [3.05, 3.63) is 72.1 Å². The van der Waals surface area contributed by atoms with E-state index in [0.717, 1.165) is 37.8 Å². The van der Waals surface area contributed by atoms with Gasteiger partial charge in [0.1, 0.15) is 0 Å². The Kier molecular flexibility index (Phi) is 5.80. The summed E-state index contributed by atoms with van der Waals surface area (Å²) in [5.41, 5.74) is 2.18.